The number of sulfone groups is 1. The predicted molar refractivity (Wildman–Crippen MR) is 104 cm³/mol. The molecule has 2 aromatic rings. The smallest absolute Gasteiger partial charge is 0.263 e. The minimum atomic E-state index is -3.48. The average molecular weight is 421 g/mol. The molecule has 1 aromatic carbocycles. The van der Waals surface area contributed by atoms with E-state index in [2.05, 4.69) is 0 Å². The number of amides is 2. The van der Waals surface area contributed by atoms with Crippen molar-refractivity contribution in [3.63, 3.8) is 0 Å². The Morgan fingerprint density at radius 3 is 2.32 bits per heavy atom. The molecule has 1 aliphatic carbocycles. The van der Waals surface area contributed by atoms with Gasteiger partial charge in [0.1, 0.15) is 9.84 Å². The molecule has 28 heavy (non-hydrogen) atoms. The molecule has 9 heteroatoms. The molecule has 0 unspecified atom stereocenters. The second-order valence-corrected chi connectivity index (χ2v) is 9.94. The number of fused-ring (bicyclic) bond motifs is 1. The summed E-state index contributed by atoms with van der Waals surface area (Å²) in [5.41, 5.74) is 1.14. The van der Waals surface area contributed by atoms with Crippen LogP contribution in [0, 0.1) is 0 Å². The highest BCUT2D eigenvalue weighted by Crippen LogP contribution is 2.39. The number of carbonyl (C=O) groups is 2. The SMILES string of the molecule is COc1ccc([C@H](CS(C)(=O)=O)N2C(=O)c3cscc3C2=O)cc1OC1CC1. The van der Waals surface area contributed by atoms with Gasteiger partial charge < -0.3 is 9.47 Å². The van der Waals surface area contributed by atoms with E-state index in [-0.39, 0.29) is 11.9 Å². The van der Waals surface area contributed by atoms with Gasteiger partial charge in [0.25, 0.3) is 11.8 Å². The lowest BCUT2D eigenvalue weighted by Crippen LogP contribution is -2.37. The van der Waals surface area contributed by atoms with Crippen LogP contribution in [-0.2, 0) is 9.84 Å². The second-order valence-electron chi connectivity index (χ2n) is 7.02. The Kier molecular flexibility index (Phi) is 4.67. The lowest BCUT2D eigenvalue weighted by atomic mass is 10.1. The summed E-state index contributed by atoms with van der Waals surface area (Å²) in [7, 11) is -1.96. The standard InChI is InChI=1S/C19H19NO6S2/c1-25-16-6-3-11(7-17(16)26-12-4-5-12)15(10-28(2,23)24)20-18(21)13-8-27-9-14(13)19(20)22/h3,6-9,12,15H,4-5,10H2,1-2H3/t15-/m0/s1. The van der Waals surface area contributed by atoms with E-state index in [1.807, 2.05) is 0 Å². The lowest BCUT2D eigenvalue weighted by Gasteiger charge is -2.27. The quantitative estimate of drug-likeness (QED) is 0.639. The van der Waals surface area contributed by atoms with Crippen molar-refractivity contribution < 1.29 is 27.5 Å². The summed E-state index contributed by atoms with van der Waals surface area (Å²) < 4.78 is 35.4. The van der Waals surface area contributed by atoms with E-state index >= 15 is 0 Å². The molecule has 0 radical (unpaired) electrons. The van der Waals surface area contributed by atoms with Crippen LogP contribution in [0.3, 0.4) is 0 Å². The molecule has 2 amide bonds. The third-order valence-corrected chi connectivity index (χ3v) is 6.39. The van der Waals surface area contributed by atoms with Crippen molar-refractivity contribution >= 4 is 33.0 Å². The normalized spacial score (nSPS) is 17.6. The van der Waals surface area contributed by atoms with Crippen LogP contribution in [-0.4, -0.2) is 50.4 Å². The molecule has 4 rings (SSSR count). The van der Waals surface area contributed by atoms with Crippen molar-refractivity contribution in [3.8, 4) is 11.5 Å². The first-order valence-corrected chi connectivity index (χ1v) is 11.7. The van der Waals surface area contributed by atoms with Crippen molar-refractivity contribution in [2.45, 2.75) is 25.0 Å². The number of benzene rings is 1. The molecule has 2 heterocycles. The molecule has 1 atom stereocenters. The van der Waals surface area contributed by atoms with Crippen LogP contribution in [0.25, 0.3) is 0 Å². The van der Waals surface area contributed by atoms with Crippen molar-refractivity contribution in [2.24, 2.45) is 0 Å². The fraction of sp³-hybridized carbons (Fsp3) is 0.368. The Balaban J connectivity index is 1.76. The summed E-state index contributed by atoms with van der Waals surface area (Å²) in [6, 6.07) is 4.06. The molecule has 1 saturated carbocycles. The van der Waals surface area contributed by atoms with Gasteiger partial charge in [0.15, 0.2) is 11.5 Å². The van der Waals surface area contributed by atoms with Gasteiger partial charge in [0.2, 0.25) is 0 Å². The monoisotopic (exact) mass is 421 g/mol. The van der Waals surface area contributed by atoms with Crippen molar-refractivity contribution in [1.29, 1.82) is 0 Å². The maximum absolute atomic E-state index is 12.8. The van der Waals surface area contributed by atoms with Crippen LogP contribution in [0.5, 0.6) is 11.5 Å². The third kappa shape index (κ3) is 3.51. The third-order valence-electron chi connectivity index (χ3n) is 4.72. The van der Waals surface area contributed by atoms with E-state index in [1.54, 1.807) is 29.0 Å². The maximum atomic E-state index is 12.8. The molecule has 0 spiro atoms. The number of nitrogens with zero attached hydrogens (tertiary/aromatic N) is 1. The van der Waals surface area contributed by atoms with Crippen LogP contribution in [0.15, 0.2) is 29.0 Å². The highest BCUT2D eigenvalue weighted by molar-refractivity contribution is 7.90. The predicted octanol–water partition coefficient (Wildman–Crippen LogP) is 2.68. The Hall–Kier alpha value is -2.39. The highest BCUT2D eigenvalue weighted by Gasteiger charge is 2.42. The Bertz CT molecular complexity index is 1020. The van der Waals surface area contributed by atoms with Crippen LogP contribution < -0.4 is 9.47 Å². The second kappa shape index (κ2) is 6.89. The van der Waals surface area contributed by atoms with Crippen molar-refractivity contribution in [3.05, 3.63) is 45.6 Å². The van der Waals surface area contributed by atoms with Crippen molar-refractivity contribution in [1.82, 2.24) is 4.90 Å². The fourth-order valence-corrected chi connectivity index (χ4v) is 4.94. The Morgan fingerprint density at radius 2 is 1.79 bits per heavy atom. The Morgan fingerprint density at radius 1 is 1.14 bits per heavy atom. The van der Waals surface area contributed by atoms with E-state index in [1.165, 1.54) is 18.4 Å². The van der Waals surface area contributed by atoms with Gasteiger partial charge in [-0.2, -0.15) is 11.3 Å². The van der Waals surface area contributed by atoms with Crippen molar-refractivity contribution in [2.75, 3.05) is 19.1 Å². The minimum Gasteiger partial charge on any atom is -0.493 e. The summed E-state index contributed by atoms with van der Waals surface area (Å²) in [4.78, 5) is 26.7. The number of hydrogen-bond donors (Lipinski definition) is 0. The van der Waals surface area contributed by atoms with E-state index < -0.39 is 27.7 Å². The van der Waals surface area contributed by atoms with Gasteiger partial charge in [-0.3, -0.25) is 14.5 Å². The number of carbonyl (C=O) groups excluding carboxylic acids is 2. The molecular weight excluding hydrogens is 402 g/mol. The van der Waals surface area contributed by atoms with Gasteiger partial charge in [0, 0.05) is 17.0 Å². The van der Waals surface area contributed by atoms with Crippen LogP contribution >= 0.6 is 11.3 Å². The maximum Gasteiger partial charge on any atom is 0.263 e. The molecule has 0 bridgehead atoms. The zero-order valence-corrected chi connectivity index (χ0v) is 17.0. The van der Waals surface area contributed by atoms with Gasteiger partial charge in [0.05, 0.1) is 36.1 Å². The number of imide groups is 1. The van der Waals surface area contributed by atoms with Crippen LogP contribution in [0.2, 0.25) is 0 Å². The molecule has 7 nitrogen and oxygen atoms in total. The first-order valence-electron chi connectivity index (χ1n) is 8.75. The van der Waals surface area contributed by atoms with Gasteiger partial charge in [-0.15, -0.1) is 0 Å². The molecule has 1 aliphatic heterocycles. The first kappa shape index (κ1) is 18.9. The van der Waals surface area contributed by atoms with Gasteiger partial charge >= 0.3 is 0 Å². The number of thiophene rings is 1. The van der Waals surface area contributed by atoms with E-state index in [4.69, 9.17) is 9.47 Å². The molecule has 0 saturated heterocycles. The molecule has 1 aromatic heterocycles. The summed E-state index contributed by atoms with van der Waals surface area (Å²) in [6.07, 6.45) is 3.09. The zero-order valence-electron chi connectivity index (χ0n) is 15.4. The number of rotatable bonds is 7. The summed E-state index contributed by atoms with van der Waals surface area (Å²) in [5, 5.41) is 3.23. The summed E-state index contributed by atoms with van der Waals surface area (Å²) in [6.45, 7) is 0. The fourth-order valence-electron chi connectivity index (χ4n) is 3.23. The van der Waals surface area contributed by atoms with Gasteiger partial charge in [-0.1, -0.05) is 6.07 Å². The molecular formula is C19H19NO6S2. The first-order chi connectivity index (χ1) is 13.3. The van der Waals surface area contributed by atoms with E-state index in [9.17, 15) is 18.0 Å². The van der Waals surface area contributed by atoms with E-state index in [0.29, 0.717) is 28.2 Å². The average Bonchev–Trinajstić information content (AvgIpc) is 3.24. The zero-order chi connectivity index (χ0) is 20.1. The minimum absolute atomic E-state index is 0.110. The number of methoxy groups -OCH3 is 1. The van der Waals surface area contributed by atoms with Gasteiger partial charge in [-0.05, 0) is 30.5 Å². The largest absolute Gasteiger partial charge is 0.493 e. The highest BCUT2D eigenvalue weighted by atomic mass is 32.2. The van der Waals surface area contributed by atoms with Crippen LogP contribution in [0.1, 0.15) is 45.2 Å². The number of ether oxygens (including phenoxy) is 2. The Labute approximate surface area is 166 Å². The molecule has 1 fully saturated rings. The van der Waals surface area contributed by atoms with E-state index in [0.717, 1.165) is 24.0 Å². The lowest BCUT2D eigenvalue weighted by molar-refractivity contribution is 0.0597. The van der Waals surface area contributed by atoms with Crippen LogP contribution in [0.4, 0.5) is 0 Å². The molecule has 148 valence electrons. The molecule has 2 aliphatic rings. The molecule has 0 N–H and O–H groups in total. The van der Waals surface area contributed by atoms with Gasteiger partial charge in [-0.25, -0.2) is 8.42 Å². The summed E-state index contributed by atoms with van der Waals surface area (Å²) in [5.74, 6) is -0.320. The topological polar surface area (TPSA) is 90.0 Å². The number of hydrogen-bond acceptors (Lipinski definition) is 7. The summed E-state index contributed by atoms with van der Waals surface area (Å²) >= 11 is 1.27.